The molecular formula is C16H21N3O3S. The molecule has 0 radical (unpaired) electrons. The lowest BCUT2D eigenvalue weighted by molar-refractivity contribution is 0.0305. The van der Waals surface area contributed by atoms with Gasteiger partial charge >= 0.3 is 0 Å². The third-order valence-corrected chi connectivity index (χ3v) is 5.16. The van der Waals surface area contributed by atoms with Crippen LogP contribution in [0.4, 0.5) is 0 Å². The fraction of sp³-hybridized carbons (Fsp3) is 0.500. The molecule has 2 aromatic rings. The molecule has 1 atom stereocenters. The standard InChI is InChI=1S/C16H21N3O3S/c1-12(15-4-3-9-23-15)18(2)16(20)14-10-13(22-17-14)11-19-5-7-21-8-6-19/h3-4,9-10,12H,5-8,11H2,1-2H3. The van der Waals surface area contributed by atoms with Crippen LogP contribution >= 0.6 is 11.3 Å². The molecule has 0 aromatic carbocycles. The number of morpholine rings is 1. The molecule has 0 saturated carbocycles. The summed E-state index contributed by atoms with van der Waals surface area (Å²) < 4.78 is 10.7. The van der Waals surface area contributed by atoms with Crippen molar-refractivity contribution in [2.75, 3.05) is 33.4 Å². The third kappa shape index (κ3) is 3.80. The summed E-state index contributed by atoms with van der Waals surface area (Å²) >= 11 is 1.64. The Labute approximate surface area is 139 Å². The monoisotopic (exact) mass is 335 g/mol. The molecule has 2 aromatic heterocycles. The molecule has 1 fully saturated rings. The Morgan fingerprint density at radius 3 is 2.96 bits per heavy atom. The maximum absolute atomic E-state index is 12.6. The van der Waals surface area contributed by atoms with Gasteiger partial charge in [0.25, 0.3) is 5.91 Å². The number of thiophene rings is 1. The van der Waals surface area contributed by atoms with Crippen LogP contribution in [-0.2, 0) is 11.3 Å². The molecule has 0 spiro atoms. The van der Waals surface area contributed by atoms with E-state index >= 15 is 0 Å². The van der Waals surface area contributed by atoms with E-state index in [4.69, 9.17) is 9.26 Å². The Kier molecular flexibility index (Phi) is 5.09. The van der Waals surface area contributed by atoms with Crippen molar-refractivity contribution in [1.29, 1.82) is 0 Å². The van der Waals surface area contributed by atoms with E-state index in [0.29, 0.717) is 18.0 Å². The van der Waals surface area contributed by atoms with Crippen molar-refractivity contribution in [3.05, 3.63) is 39.9 Å². The van der Waals surface area contributed by atoms with Gasteiger partial charge in [0.2, 0.25) is 0 Å². The van der Waals surface area contributed by atoms with Crippen LogP contribution in [0.15, 0.2) is 28.1 Å². The zero-order chi connectivity index (χ0) is 16.2. The lowest BCUT2D eigenvalue weighted by Gasteiger charge is -2.25. The van der Waals surface area contributed by atoms with Crippen LogP contribution in [0.25, 0.3) is 0 Å². The number of nitrogens with zero attached hydrogens (tertiary/aromatic N) is 3. The number of aromatic nitrogens is 1. The van der Waals surface area contributed by atoms with Crippen molar-refractivity contribution in [2.24, 2.45) is 0 Å². The second kappa shape index (κ2) is 7.25. The van der Waals surface area contributed by atoms with Gasteiger partial charge in [0.1, 0.15) is 0 Å². The summed E-state index contributed by atoms with van der Waals surface area (Å²) in [4.78, 5) is 17.6. The maximum Gasteiger partial charge on any atom is 0.276 e. The molecule has 1 aliphatic rings. The Bertz CT molecular complexity index is 635. The van der Waals surface area contributed by atoms with Crippen LogP contribution in [0.2, 0.25) is 0 Å². The molecule has 1 aliphatic heterocycles. The average Bonchev–Trinajstić information content (AvgIpc) is 3.25. The normalized spacial score (nSPS) is 17.1. The summed E-state index contributed by atoms with van der Waals surface area (Å²) in [6.07, 6.45) is 0. The van der Waals surface area contributed by atoms with Crippen LogP contribution < -0.4 is 0 Å². The molecular weight excluding hydrogens is 314 g/mol. The highest BCUT2D eigenvalue weighted by molar-refractivity contribution is 7.10. The number of amides is 1. The number of hydrogen-bond donors (Lipinski definition) is 0. The number of ether oxygens (including phenoxy) is 1. The van der Waals surface area contributed by atoms with Crippen molar-refractivity contribution >= 4 is 17.2 Å². The zero-order valence-electron chi connectivity index (χ0n) is 13.4. The number of rotatable bonds is 5. The molecule has 0 N–H and O–H groups in total. The fourth-order valence-corrected chi connectivity index (χ4v) is 3.37. The smallest absolute Gasteiger partial charge is 0.276 e. The van der Waals surface area contributed by atoms with Gasteiger partial charge in [-0.3, -0.25) is 9.69 Å². The Hall–Kier alpha value is -1.70. The summed E-state index contributed by atoms with van der Waals surface area (Å²) in [5.41, 5.74) is 0.360. The second-order valence-electron chi connectivity index (χ2n) is 5.67. The van der Waals surface area contributed by atoms with E-state index in [0.717, 1.165) is 31.2 Å². The summed E-state index contributed by atoms with van der Waals surface area (Å²) in [6, 6.07) is 5.79. The van der Waals surface area contributed by atoms with E-state index in [9.17, 15) is 4.79 Å². The minimum Gasteiger partial charge on any atom is -0.379 e. The number of hydrogen-bond acceptors (Lipinski definition) is 6. The summed E-state index contributed by atoms with van der Waals surface area (Å²) in [7, 11) is 1.79. The lowest BCUT2D eigenvalue weighted by atomic mass is 10.2. The first-order valence-electron chi connectivity index (χ1n) is 7.71. The van der Waals surface area contributed by atoms with E-state index in [1.807, 2.05) is 24.4 Å². The van der Waals surface area contributed by atoms with Crippen LogP contribution in [0.5, 0.6) is 0 Å². The predicted octanol–water partition coefficient (Wildman–Crippen LogP) is 2.40. The molecule has 3 rings (SSSR count). The zero-order valence-corrected chi connectivity index (χ0v) is 14.2. The van der Waals surface area contributed by atoms with Gasteiger partial charge in [-0.15, -0.1) is 11.3 Å². The highest BCUT2D eigenvalue weighted by Crippen LogP contribution is 2.24. The fourth-order valence-electron chi connectivity index (χ4n) is 2.54. The van der Waals surface area contributed by atoms with Crippen molar-refractivity contribution in [2.45, 2.75) is 19.5 Å². The molecule has 3 heterocycles. The van der Waals surface area contributed by atoms with Crippen LogP contribution in [0.1, 0.15) is 34.1 Å². The van der Waals surface area contributed by atoms with E-state index in [1.165, 1.54) is 0 Å². The molecule has 0 bridgehead atoms. The van der Waals surface area contributed by atoms with Crippen LogP contribution in [-0.4, -0.2) is 54.2 Å². The van der Waals surface area contributed by atoms with Crippen LogP contribution in [0, 0.1) is 0 Å². The number of carbonyl (C=O) groups is 1. The quantitative estimate of drug-likeness (QED) is 0.840. The summed E-state index contributed by atoms with van der Waals surface area (Å²) in [5.74, 6) is 0.593. The third-order valence-electron chi connectivity index (χ3n) is 4.12. The van der Waals surface area contributed by atoms with Gasteiger partial charge in [-0.25, -0.2) is 0 Å². The highest BCUT2D eigenvalue weighted by Gasteiger charge is 2.23. The molecule has 1 amide bonds. The predicted molar refractivity (Wildman–Crippen MR) is 87.4 cm³/mol. The molecule has 6 nitrogen and oxygen atoms in total. The lowest BCUT2D eigenvalue weighted by Crippen LogP contribution is -2.35. The topological polar surface area (TPSA) is 58.8 Å². The Morgan fingerprint density at radius 2 is 2.26 bits per heavy atom. The summed E-state index contributed by atoms with van der Waals surface area (Å²) in [5, 5.41) is 5.96. The van der Waals surface area contributed by atoms with E-state index in [2.05, 4.69) is 10.1 Å². The molecule has 1 saturated heterocycles. The van der Waals surface area contributed by atoms with Gasteiger partial charge in [-0.1, -0.05) is 11.2 Å². The van der Waals surface area contributed by atoms with Gasteiger partial charge in [-0.05, 0) is 18.4 Å². The largest absolute Gasteiger partial charge is 0.379 e. The molecule has 124 valence electrons. The molecule has 0 aliphatic carbocycles. The van der Waals surface area contributed by atoms with Gasteiger partial charge in [0.05, 0.1) is 25.8 Å². The van der Waals surface area contributed by atoms with Crippen molar-refractivity contribution in [1.82, 2.24) is 15.0 Å². The molecule has 23 heavy (non-hydrogen) atoms. The first-order valence-corrected chi connectivity index (χ1v) is 8.59. The highest BCUT2D eigenvalue weighted by atomic mass is 32.1. The first kappa shape index (κ1) is 16.2. The van der Waals surface area contributed by atoms with Gasteiger partial charge in [0.15, 0.2) is 11.5 Å². The SMILES string of the molecule is CC(c1cccs1)N(C)C(=O)c1cc(CN2CCOCC2)on1. The molecule has 1 unspecified atom stereocenters. The summed E-state index contributed by atoms with van der Waals surface area (Å²) in [6.45, 7) is 5.90. The van der Waals surface area contributed by atoms with Crippen molar-refractivity contribution in [3.63, 3.8) is 0 Å². The van der Waals surface area contributed by atoms with Gasteiger partial charge in [0, 0.05) is 31.1 Å². The Balaban J connectivity index is 1.63. The maximum atomic E-state index is 12.6. The van der Waals surface area contributed by atoms with Crippen molar-refractivity contribution < 1.29 is 14.1 Å². The van der Waals surface area contributed by atoms with Crippen LogP contribution in [0.3, 0.4) is 0 Å². The van der Waals surface area contributed by atoms with E-state index in [1.54, 1.807) is 29.4 Å². The van der Waals surface area contributed by atoms with Gasteiger partial charge < -0.3 is 14.2 Å². The molecule has 7 heteroatoms. The van der Waals surface area contributed by atoms with E-state index < -0.39 is 0 Å². The van der Waals surface area contributed by atoms with Crippen molar-refractivity contribution in [3.8, 4) is 0 Å². The van der Waals surface area contributed by atoms with Gasteiger partial charge in [-0.2, -0.15) is 0 Å². The van der Waals surface area contributed by atoms with E-state index in [-0.39, 0.29) is 11.9 Å². The average molecular weight is 335 g/mol. The second-order valence-corrected chi connectivity index (χ2v) is 6.65. The minimum atomic E-state index is -0.122. The first-order chi connectivity index (χ1) is 11.1. The Morgan fingerprint density at radius 1 is 1.48 bits per heavy atom. The number of carbonyl (C=O) groups excluding carboxylic acids is 1. The minimum absolute atomic E-state index is 0.0156.